The molecule has 0 fully saturated rings. The van der Waals surface area contributed by atoms with Gasteiger partial charge in [-0.1, -0.05) is 36.4 Å². The lowest BCUT2D eigenvalue weighted by Crippen LogP contribution is -2.28. The summed E-state index contributed by atoms with van der Waals surface area (Å²) >= 11 is 0. The fraction of sp³-hybridized carbons (Fsp3) is 0.294. The predicted octanol–water partition coefficient (Wildman–Crippen LogP) is 3.87. The third-order valence-electron chi connectivity index (χ3n) is 4.14. The van der Waals surface area contributed by atoms with Gasteiger partial charge in [-0.05, 0) is 42.9 Å². The van der Waals surface area contributed by atoms with Gasteiger partial charge in [0.25, 0.3) is 5.69 Å². The Morgan fingerprint density at radius 2 is 1.90 bits per heavy atom. The molecular weight excluding hydrogens is 264 g/mol. The quantitative estimate of drug-likeness (QED) is 0.686. The number of anilines is 1. The van der Waals surface area contributed by atoms with Crippen LogP contribution in [0.3, 0.4) is 0 Å². The highest BCUT2D eigenvalue weighted by Crippen LogP contribution is 2.31. The topological polar surface area (TPSA) is 55.2 Å². The van der Waals surface area contributed by atoms with E-state index in [-0.39, 0.29) is 16.7 Å². The van der Waals surface area contributed by atoms with Crippen LogP contribution in [0.15, 0.2) is 42.5 Å². The van der Waals surface area contributed by atoms with Gasteiger partial charge in [-0.3, -0.25) is 10.1 Å². The van der Waals surface area contributed by atoms with Crippen LogP contribution < -0.4 is 5.32 Å². The van der Waals surface area contributed by atoms with Gasteiger partial charge in [0.05, 0.1) is 4.92 Å². The van der Waals surface area contributed by atoms with Gasteiger partial charge in [0.2, 0.25) is 0 Å². The first kappa shape index (κ1) is 13.6. The van der Waals surface area contributed by atoms with E-state index in [1.165, 1.54) is 11.1 Å². The van der Waals surface area contributed by atoms with Gasteiger partial charge in [-0.25, -0.2) is 0 Å². The number of aryl methyl sites for hydroxylation is 2. The number of nitrogens with one attached hydrogen (secondary N) is 1. The van der Waals surface area contributed by atoms with E-state index in [0.717, 1.165) is 24.8 Å². The van der Waals surface area contributed by atoms with Gasteiger partial charge in [0.1, 0.15) is 5.69 Å². The molecule has 1 aliphatic rings. The maximum atomic E-state index is 11.2. The molecule has 0 aliphatic heterocycles. The van der Waals surface area contributed by atoms with Crippen molar-refractivity contribution in [2.45, 2.75) is 32.2 Å². The van der Waals surface area contributed by atoms with Gasteiger partial charge >= 0.3 is 0 Å². The molecule has 3 rings (SSSR count). The van der Waals surface area contributed by atoms with E-state index in [0.29, 0.717) is 5.69 Å². The van der Waals surface area contributed by atoms with Crippen LogP contribution in [-0.2, 0) is 12.8 Å². The van der Waals surface area contributed by atoms with Gasteiger partial charge in [0, 0.05) is 12.1 Å². The number of hydrogen-bond donors (Lipinski definition) is 1. The second-order valence-corrected chi connectivity index (χ2v) is 5.58. The zero-order valence-corrected chi connectivity index (χ0v) is 12.0. The van der Waals surface area contributed by atoms with Gasteiger partial charge in [0.15, 0.2) is 0 Å². The van der Waals surface area contributed by atoms with E-state index in [4.69, 9.17) is 0 Å². The summed E-state index contributed by atoms with van der Waals surface area (Å²) in [5, 5.41) is 14.6. The van der Waals surface area contributed by atoms with Crippen LogP contribution in [0, 0.1) is 17.0 Å². The first-order chi connectivity index (χ1) is 10.1. The summed E-state index contributed by atoms with van der Waals surface area (Å²) in [5.74, 6) is 0. The largest absolute Gasteiger partial charge is 0.376 e. The molecule has 1 unspecified atom stereocenters. The van der Waals surface area contributed by atoms with Crippen LogP contribution in [0.4, 0.5) is 11.4 Å². The van der Waals surface area contributed by atoms with Crippen molar-refractivity contribution in [3.63, 3.8) is 0 Å². The molecule has 0 radical (unpaired) electrons. The van der Waals surface area contributed by atoms with Crippen molar-refractivity contribution in [3.05, 3.63) is 69.3 Å². The zero-order valence-electron chi connectivity index (χ0n) is 12.0. The Kier molecular flexibility index (Phi) is 3.60. The number of para-hydroxylation sites is 1. The predicted molar refractivity (Wildman–Crippen MR) is 83.7 cm³/mol. The SMILES string of the molecule is Cc1cccc([N+](=O)[O-])c1NC1CCc2ccccc2C1. The molecule has 4 heteroatoms. The number of benzene rings is 2. The Morgan fingerprint density at radius 1 is 1.14 bits per heavy atom. The van der Waals surface area contributed by atoms with E-state index < -0.39 is 0 Å². The molecule has 0 bridgehead atoms. The summed E-state index contributed by atoms with van der Waals surface area (Å²) < 4.78 is 0. The van der Waals surface area contributed by atoms with E-state index in [1.54, 1.807) is 12.1 Å². The van der Waals surface area contributed by atoms with Crippen LogP contribution in [0.25, 0.3) is 0 Å². The smallest absolute Gasteiger partial charge is 0.292 e. The first-order valence-corrected chi connectivity index (χ1v) is 7.22. The van der Waals surface area contributed by atoms with Crippen LogP contribution in [0.5, 0.6) is 0 Å². The number of fused-ring (bicyclic) bond motifs is 1. The van der Waals surface area contributed by atoms with E-state index in [1.807, 2.05) is 13.0 Å². The third-order valence-corrected chi connectivity index (χ3v) is 4.14. The normalized spacial score (nSPS) is 17.1. The standard InChI is InChI=1S/C17H18N2O2/c1-12-5-4-8-16(19(20)21)17(12)18-15-10-9-13-6-2-3-7-14(13)11-15/h2-8,15,18H,9-11H2,1H3. The van der Waals surface area contributed by atoms with Crippen molar-refractivity contribution in [1.29, 1.82) is 0 Å². The molecule has 2 aromatic rings. The van der Waals surface area contributed by atoms with Crippen molar-refractivity contribution in [1.82, 2.24) is 0 Å². The second-order valence-electron chi connectivity index (χ2n) is 5.58. The summed E-state index contributed by atoms with van der Waals surface area (Å²) in [7, 11) is 0. The van der Waals surface area contributed by atoms with Gasteiger partial charge in [-0.2, -0.15) is 0 Å². The fourth-order valence-corrected chi connectivity index (χ4v) is 3.02. The van der Waals surface area contributed by atoms with E-state index >= 15 is 0 Å². The maximum absolute atomic E-state index is 11.2. The molecule has 1 N–H and O–H groups in total. The Bertz CT molecular complexity index is 682. The highest BCUT2D eigenvalue weighted by molar-refractivity contribution is 5.66. The van der Waals surface area contributed by atoms with Crippen LogP contribution in [0.2, 0.25) is 0 Å². The maximum Gasteiger partial charge on any atom is 0.292 e. The molecule has 108 valence electrons. The molecule has 0 saturated carbocycles. The first-order valence-electron chi connectivity index (χ1n) is 7.22. The highest BCUT2D eigenvalue weighted by Gasteiger charge is 2.22. The molecule has 2 aromatic carbocycles. The fourth-order valence-electron chi connectivity index (χ4n) is 3.02. The molecule has 1 atom stereocenters. The Morgan fingerprint density at radius 3 is 2.67 bits per heavy atom. The number of nitro groups is 1. The van der Waals surface area contributed by atoms with Crippen molar-refractivity contribution in [2.24, 2.45) is 0 Å². The summed E-state index contributed by atoms with van der Waals surface area (Å²) in [6, 6.07) is 13.9. The minimum absolute atomic E-state index is 0.161. The minimum atomic E-state index is -0.313. The summed E-state index contributed by atoms with van der Waals surface area (Å²) in [6.45, 7) is 1.91. The molecule has 0 saturated heterocycles. The number of nitro benzene ring substituents is 1. The number of hydrogen-bond acceptors (Lipinski definition) is 3. The number of rotatable bonds is 3. The summed E-state index contributed by atoms with van der Waals surface area (Å²) in [6.07, 6.45) is 2.94. The Hall–Kier alpha value is -2.36. The molecule has 4 nitrogen and oxygen atoms in total. The lowest BCUT2D eigenvalue weighted by Gasteiger charge is -2.26. The Labute approximate surface area is 124 Å². The van der Waals surface area contributed by atoms with Gasteiger partial charge in [-0.15, -0.1) is 0 Å². The van der Waals surface area contributed by atoms with Crippen molar-refractivity contribution >= 4 is 11.4 Å². The van der Waals surface area contributed by atoms with Crippen LogP contribution in [0.1, 0.15) is 23.1 Å². The molecule has 1 aliphatic carbocycles. The minimum Gasteiger partial charge on any atom is -0.376 e. The summed E-state index contributed by atoms with van der Waals surface area (Å²) in [4.78, 5) is 10.9. The molecule has 0 amide bonds. The van der Waals surface area contributed by atoms with Crippen molar-refractivity contribution in [2.75, 3.05) is 5.32 Å². The summed E-state index contributed by atoms with van der Waals surface area (Å²) in [5.41, 5.74) is 4.48. The Balaban J connectivity index is 1.84. The lowest BCUT2D eigenvalue weighted by molar-refractivity contribution is -0.384. The van der Waals surface area contributed by atoms with E-state index in [2.05, 4.69) is 29.6 Å². The molecule has 21 heavy (non-hydrogen) atoms. The number of nitrogens with zero attached hydrogens (tertiary/aromatic N) is 1. The zero-order chi connectivity index (χ0) is 14.8. The molecule has 0 aromatic heterocycles. The van der Waals surface area contributed by atoms with Gasteiger partial charge < -0.3 is 5.32 Å². The molecule has 0 heterocycles. The second kappa shape index (κ2) is 5.56. The van der Waals surface area contributed by atoms with Crippen molar-refractivity contribution in [3.8, 4) is 0 Å². The third kappa shape index (κ3) is 2.75. The molecule has 0 spiro atoms. The average Bonchev–Trinajstić information content (AvgIpc) is 2.49. The van der Waals surface area contributed by atoms with Crippen molar-refractivity contribution < 1.29 is 4.92 Å². The van der Waals surface area contributed by atoms with E-state index in [9.17, 15) is 10.1 Å². The lowest BCUT2D eigenvalue weighted by atomic mass is 9.88. The molecular formula is C17H18N2O2. The monoisotopic (exact) mass is 282 g/mol. The highest BCUT2D eigenvalue weighted by atomic mass is 16.6. The van der Waals surface area contributed by atoms with Crippen LogP contribution in [-0.4, -0.2) is 11.0 Å². The van der Waals surface area contributed by atoms with Crippen LogP contribution >= 0.6 is 0 Å². The average molecular weight is 282 g/mol.